The van der Waals surface area contributed by atoms with Gasteiger partial charge in [0.1, 0.15) is 23.4 Å². The largest absolute Gasteiger partial charge is 0.364 e. The van der Waals surface area contributed by atoms with Crippen LogP contribution in [0.15, 0.2) is 36.7 Å². The molecule has 2 heterocycles. The Balaban J connectivity index is 1.79. The molecule has 1 aliphatic heterocycles. The molecule has 3 rings (SSSR count). The summed E-state index contributed by atoms with van der Waals surface area (Å²) in [6.45, 7) is 6.40. The molecule has 1 saturated heterocycles. The van der Waals surface area contributed by atoms with Crippen LogP contribution in [-0.4, -0.2) is 38.8 Å². The molecule has 0 saturated carbocycles. The molecule has 1 atom stereocenters. The van der Waals surface area contributed by atoms with Gasteiger partial charge in [-0.1, -0.05) is 29.8 Å². The van der Waals surface area contributed by atoms with Crippen molar-refractivity contribution in [1.82, 2.24) is 14.9 Å². The van der Waals surface area contributed by atoms with Gasteiger partial charge < -0.3 is 16.0 Å². The number of aromatic nitrogens is 2. The van der Waals surface area contributed by atoms with Crippen molar-refractivity contribution in [2.75, 3.05) is 11.9 Å². The molecule has 0 radical (unpaired) electrons. The second kappa shape index (κ2) is 7.34. The van der Waals surface area contributed by atoms with Gasteiger partial charge in [-0.25, -0.2) is 9.97 Å². The number of rotatable bonds is 5. The summed E-state index contributed by atoms with van der Waals surface area (Å²) in [5.41, 5.74) is 6.83. The first-order valence-corrected chi connectivity index (χ1v) is 9.05. The second-order valence-corrected chi connectivity index (χ2v) is 7.47. The predicted octanol–water partition coefficient (Wildman–Crippen LogP) is 2.44. The maximum atomic E-state index is 13.3. The number of carbonyl (C=O) groups is 2. The van der Waals surface area contributed by atoms with Gasteiger partial charge in [-0.15, -0.1) is 0 Å². The number of hydrogen-bond acceptors (Lipinski definition) is 5. The number of nitrogens with one attached hydrogen (secondary N) is 1. The van der Waals surface area contributed by atoms with E-state index < -0.39 is 11.4 Å². The van der Waals surface area contributed by atoms with Crippen molar-refractivity contribution >= 4 is 17.6 Å². The number of amides is 2. The van der Waals surface area contributed by atoms with E-state index >= 15 is 0 Å². The summed E-state index contributed by atoms with van der Waals surface area (Å²) >= 11 is 0. The summed E-state index contributed by atoms with van der Waals surface area (Å²) in [5, 5.41) is 3.12. The standard InChI is InChI=1S/C20H25N5O2/c1-13-6-8-14(9-7-13)16-5-4-10-25(16)19(27)20(2,3)24-17-11-15(18(21)26)22-12-23-17/h6-9,11-12,16H,4-5,10H2,1-3H3,(H2,21,26)(H,22,23,24). The Labute approximate surface area is 159 Å². The molecular weight excluding hydrogens is 342 g/mol. The van der Waals surface area contributed by atoms with Gasteiger partial charge in [0, 0.05) is 12.6 Å². The zero-order valence-electron chi connectivity index (χ0n) is 15.9. The average Bonchev–Trinajstić information content (AvgIpc) is 3.11. The molecule has 7 heteroatoms. The van der Waals surface area contributed by atoms with Crippen molar-refractivity contribution in [2.45, 2.75) is 45.2 Å². The van der Waals surface area contributed by atoms with Crippen molar-refractivity contribution in [3.63, 3.8) is 0 Å². The topological polar surface area (TPSA) is 101 Å². The van der Waals surface area contributed by atoms with Gasteiger partial charge in [0.2, 0.25) is 5.91 Å². The Morgan fingerprint density at radius 2 is 1.93 bits per heavy atom. The molecule has 1 aromatic heterocycles. The summed E-state index contributed by atoms with van der Waals surface area (Å²) in [7, 11) is 0. The number of nitrogens with zero attached hydrogens (tertiary/aromatic N) is 3. The van der Waals surface area contributed by atoms with Crippen LogP contribution in [0.3, 0.4) is 0 Å². The molecule has 1 unspecified atom stereocenters. The number of anilines is 1. The number of carbonyl (C=O) groups excluding carboxylic acids is 2. The average molecular weight is 367 g/mol. The van der Waals surface area contributed by atoms with Gasteiger partial charge >= 0.3 is 0 Å². The molecule has 0 spiro atoms. The fourth-order valence-electron chi connectivity index (χ4n) is 3.44. The van der Waals surface area contributed by atoms with Gasteiger partial charge in [0.25, 0.3) is 5.91 Å². The van der Waals surface area contributed by atoms with Crippen LogP contribution >= 0.6 is 0 Å². The highest BCUT2D eigenvalue weighted by molar-refractivity contribution is 5.92. The van der Waals surface area contributed by atoms with Crippen LogP contribution in [0.1, 0.15) is 54.3 Å². The van der Waals surface area contributed by atoms with E-state index in [0.29, 0.717) is 5.82 Å². The minimum absolute atomic E-state index is 0.00943. The van der Waals surface area contributed by atoms with Crippen LogP contribution in [-0.2, 0) is 4.79 Å². The van der Waals surface area contributed by atoms with Crippen molar-refractivity contribution in [1.29, 1.82) is 0 Å². The molecule has 1 aromatic carbocycles. The quantitative estimate of drug-likeness (QED) is 0.845. The zero-order chi connectivity index (χ0) is 19.6. The maximum Gasteiger partial charge on any atom is 0.267 e. The molecule has 1 aliphatic rings. The lowest BCUT2D eigenvalue weighted by Crippen LogP contribution is -2.50. The van der Waals surface area contributed by atoms with Crippen LogP contribution in [0.2, 0.25) is 0 Å². The highest BCUT2D eigenvalue weighted by Gasteiger charge is 2.38. The number of hydrogen-bond donors (Lipinski definition) is 2. The highest BCUT2D eigenvalue weighted by Crippen LogP contribution is 2.34. The van der Waals surface area contributed by atoms with Crippen LogP contribution in [0.25, 0.3) is 0 Å². The van der Waals surface area contributed by atoms with Crippen LogP contribution < -0.4 is 11.1 Å². The molecule has 0 bridgehead atoms. The van der Waals surface area contributed by atoms with Crippen LogP contribution in [0.4, 0.5) is 5.82 Å². The smallest absolute Gasteiger partial charge is 0.267 e. The molecule has 7 nitrogen and oxygen atoms in total. The lowest BCUT2D eigenvalue weighted by Gasteiger charge is -2.34. The monoisotopic (exact) mass is 367 g/mol. The number of aryl methyl sites for hydroxylation is 1. The van der Waals surface area contributed by atoms with E-state index in [1.54, 1.807) is 0 Å². The highest BCUT2D eigenvalue weighted by atomic mass is 16.2. The van der Waals surface area contributed by atoms with E-state index in [2.05, 4.69) is 46.5 Å². The first-order chi connectivity index (χ1) is 12.8. The van der Waals surface area contributed by atoms with Crippen molar-refractivity contribution < 1.29 is 9.59 Å². The summed E-state index contributed by atoms with van der Waals surface area (Å²) < 4.78 is 0. The number of benzene rings is 1. The molecule has 1 fully saturated rings. The third kappa shape index (κ3) is 4.07. The number of likely N-dealkylation sites (tertiary alicyclic amines) is 1. The lowest BCUT2D eigenvalue weighted by atomic mass is 9.99. The van der Waals surface area contributed by atoms with Crippen LogP contribution in [0.5, 0.6) is 0 Å². The van der Waals surface area contributed by atoms with E-state index in [4.69, 9.17) is 5.73 Å². The van der Waals surface area contributed by atoms with Gasteiger partial charge in [0.05, 0.1) is 6.04 Å². The van der Waals surface area contributed by atoms with Gasteiger partial charge in [-0.3, -0.25) is 9.59 Å². The summed E-state index contributed by atoms with van der Waals surface area (Å²) in [4.78, 5) is 34.4. The Bertz CT molecular complexity index is 848. The van der Waals surface area contributed by atoms with Gasteiger partial charge in [-0.05, 0) is 39.2 Å². The normalized spacial score (nSPS) is 17.0. The van der Waals surface area contributed by atoms with E-state index in [9.17, 15) is 9.59 Å². The van der Waals surface area contributed by atoms with E-state index in [1.165, 1.54) is 18.0 Å². The SMILES string of the molecule is Cc1ccc(C2CCCN2C(=O)C(C)(C)Nc2cc(C(N)=O)ncn2)cc1. The lowest BCUT2D eigenvalue weighted by molar-refractivity contribution is -0.136. The number of nitrogens with two attached hydrogens (primary N) is 1. The Hall–Kier alpha value is -2.96. The Morgan fingerprint density at radius 3 is 2.59 bits per heavy atom. The minimum atomic E-state index is -0.892. The molecular formula is C20H25N5O2. The molecule has 3 N–H and O–H groups in total. The third-order valence-corrected chi connectivity index (χ3v) is 4.87. The van der Waals surface area contributed by atoms with Crippen molar-refractivity contribution in [3.8, 4) is 0 Å². The zero-order valence-corrected chi connectivity index (χ0v) is 15.9. The molecule has 0 aliphatic carbocycles. The molecule has 2 amide bonds. The first-order valence-electron chi connectivity index (χ1n) is 9.05. The number of primary amides is 1. The van der Waals surface area contributed by atoms with E-state index in [-0.39, 0.29) is 17.6 Å². The first kappa shape index (κ1) is 18.8. The molecule has 27 heavy (non-hydrogen) atoms. The summed E-state index contributed by atoms with van der Waals surface area (Å²) in [6, 6.07) is 9.87. The summed E-state index contributed by atoms with van der Waals surface area (Å²) in [6.07, 6.45) is 3.18. The maximum absolute atomic E-state index is 13.3. The van der Waals surface area contributed by atoms with Gasteiger partial charge in [0.15, 0.2) is 0 Å². The fraction of sp³-hybridized carbons (Fsp3) is 0.400. The van der Waals surface area contributed by atoms with Crippen LogP contribution in [0, 0.1) is 6.92 Å². The summed E-state index contributed by atoms with van der Waals surface area (Å²) in [5.74, 6) is -0.253. The third-order valence-electron chi connectivity index (χ3n) is 4.87. The Morgan fingerprint density at radius 1 is 1.22 bits per heavy atom. The van der Waals surface area contributed by atoms with E-state index in [1.807, 2.05) is 18.7 Å². The Kier molecular flexibility index (Phi) is 5.12. The second-order valence-electron chi connectivity index (χ2n) is 7.47. The van der Waals surface area contributed by atoms with Crippen molar-refractivity contribution in [3.05, 3.63) is 53.5 Å². The minimum Gasteiger partial charge on any atom is -0.364 e. The fourth-order valence-corrected chi connectivity index (χ4v) is 3.44. The predicted molar refractivity (Wildman–Crippen MR) is 103 cm³/mol. The van der Waals surface area contributed by atoms with Crippen molar-refractivity contribution in [2.24, 2.45) is 5.73 Å². The van der Waals surface area contributed by atoms with Gasteiger partial charge in [-0.2, -0.15) is 0 Å². The molecule has 2 aromatic rings. The van der Waals surface area contributed by atoms with E-state index in [0.717, 1.165) is 24.9 Å². The molecule has 142 valence electrons.